The number of anilines is 1. The van der Waals surface area contributed by atoms with E-state index in [0.717, 1.165) is 5.56 Å². The van der Waals surface area contributed by atoms with Gasteiger partial charge in [0, 0.05) is 0 Å². The number of unbranched alkanes of at least 4 members (excludes halogenated alkanes) is 1. The first kappa shape index (κ1) is 19.0. The predicted molar refractivity (Wildman–Crippen MR) is 85.9 cm³/mol. The maximum Gasteiger partial charge on any atom is 2.00 e. The topological polar surface area (TPSA) is 3.24 Å². The quantitative estimate of drug-likeness (QED) is 0.585. The van der Waals surface area contributed by atoms with Crippen molar-refractivity contribution in [1.29, 1.82) is 0 Å². The Morgan fingerprint density at radius 1 is 1.05 bits per heavy atom. The zero-order valence-corrected chi connectivity index (χ0v) is 14.5. The van der Waals surface area contributed by atoms with Crippen molar-refractivity contribution in [2.75, 3.05) is 19.0 Å². The Balaban J connectivity index is 0.000000345. The van der Waals surface area contributed by atoms with Crippen LogP contribution in [0.15, 0.2) is 48.5 Å². The number of benzene rings is 1. The summed E-state index contributed by atoms with van der Waals surface area (Å²) in [7, 11) is 4.04. The number of hydrogen-bond donors (Lipinski definition) is 0. The van der Waals surface area contributed by atoms with Crippen molar-refractivity contribution in [3.05, 3.63) is 66.6 Å². The molecule has 2 aromatic rings. The minimum atomic E-state index is 0. The van der Waals surface area contributed by atoms with E-state index in [9.17, 15) is 0 Å². The molecule has 0 N–H and O–H groups in total. The fourth-order valence-corrected chi connectivity index (χ4v) is 1.91. The fraction of sp³-hybridized carbons (Fsp3) is 0.333. The third kappa shape index (κ3) is 6.93. The molecule has 0 heterocycles. The maximum atomic E-state index is 3.90. The van der Waals surface area contributed by atoms with Crippen LogP contribution < -0.4 is 4.90 Å². The van der Waals surface area contributed by atoms with Crippen molar-refractivity contribution >= 4 is 5.69 Å². The van der Waals surface area contributed by atoms with Gasteiger partial charge in [-0.25, -0.2) is 12.1 Å². The molecule has 1 nitrogen and oxygen atoms in total. The van der Waals surface area contributed by atoms with Gasteiger partial charge in [0.05, 0.1) is 0 Å². The van der Waals surface area contributed by atoms with Gasteiger partial charge in [-0.1, -0.05) is 44.0 Å². The average Bonchev–Trinajstić information content (AvgIpc) is 2.90. The molecular formula is C18H25NTi. The summed E-state index contributed by atoms with van der Waals surface area (Å²) in [6, 6.07) is 16.7. The van der Waals surface area contributed by atoms with Gasteiger partial charge >= 0.3 is 21.7 Å². The van der Waals surface area contributed by atoms with Crippen molar-refractivity contribution in [2.24, 2.45) is 0 Å². The molecule has 0 amide bonds. The SMILES string of the molecule is CCCC[c-]1cccc1.[CH2-]c1ccccc1N(C)C.[Ti+2]. The summed E-state index contributed by atoms with van der Waals surface area (Å²) in [6.45, 7) is 6.13. The molecule has 2 aromatic carbocycles. The van der Waals surface area contributed by atoms with Crippen LogP contribution in [0.4, 0.5) is 5.69 Å². The fourth-order valence-electron chi connectivity index (χ4n) is 1.91. The minimum absolute atomic E-state index is 0. The van der Waals surface area contributed by atoms with E-state index in [0.29, 0.717) is 0 Å². The Morgan fingerprint density at radius 3 is 2.10 bits per heavy atom. The molecule has 0 radical (unpaired) electrons. The van der Waals surface area contributed by atoms with Gasteiger partial charge in [0.25, 0.3) is 0 Å². The second-order valence-electron chi connectivity index (χ2n) is 4.92. The molecular weight excluding hydrogens is 278 g/mol. The molecule has 0 aliphatic heterocycles. The molecule has 0 bridgehead atoms. The van der Waals surface area contributed by atoms with E-state index in [-0.39, 0.29) is 21.7 Å². The number of rotatable bonds is 4. The van der Waals surface area contributed by atoms with Gasteiger partial charge in [-0.05, 0) is 14.1 Å². The molecule has 0 saturated heterocycles. The molecule has 2 heteroatoms. The summed E-state index contributed by atoms with van der Waals surface area (Å²) in [5.74, 6) is 0. The van der Waals surface area contributed by atoms with Gasteiger partial charge in [0.1, 0.15) is 0 Å². The zero-order chi connectivity index (χ0) is 14.1. The van der Waals surface area contributed by atoms with Gasteiger partial charge < -0.3 is 4.90 Å². The Labute approximate surface area is 139 Å². The Kier molecular flexibility index (Phi) is 10.1. The summed E-state index contributed by atoms with van der Waals surface area (Å²) in [5, 5.41) is 0. The first-order valence-electron chi connectivity index (χ1n) is 6.94. The van der Waals surface area contributed by atoms with Crippen LogP contribution in [0, 0.1) is 6.92 Å². The van der Waals surface area contributed by atoms with E-state index < -0.39 is 0 Å². The molecule has 0 spiro atoms. The van der Waals surface area contributed by atoms with Crippen LogP contribution in [-0.2, 0) is 28.1 Å². The molecule has 0 fully saturated rings. The summed E-state index contributed by atoms with van der Waals surface area (Å²) in [4.78, 5) is 2.06. The van der Waals surface area contributed by atoms with E-state index in [1.165, 1.54) is 30.5 Å². The normalized spacial score (nSPS) is 9.15. The standard InChI is InChI=1S/C9H12N.C9H13.Ti/c1-8-6-4-5-7-9(8)10(2)3;1-2-3-6-9-7-4-5-8-9;/h4-7H,1H2,2-3H3;4-5,7-8H,2-3,6H2,1H3;/q2*-1;+2. The molecule has 0 saturated carbocycles. The first-order chi connectivity index (χ1) is 9.15. The summed E-state index contributed by atoms with van der Waals surface area (Å²) < 4.78 is 0. The van der Waals surface area contributed by atoms with E-state index in [1.54, 1.807) is 0 Å². The second-order valence-corrected chi connectivity index (χ2v) is 4.92. The molecule has 106 valence electrons. The van der Waals surface area contributed by atoms with E-state index >= 15 is 0 Å². The Bertz CT molecular complexity index is 446. The molecule has 0 aliphatic rings. The maximum absolute atomic E-state index is 3.90. The zero-order valence-electron chi connectivity index (χ0n) is 12.9. The average molecular weight is 303 g/mol. The van der Waals surface area contributed by atoms with Gasteiger partial charge in [-0.2, -0.15) is 36.2 Å². The molecule has 20 heavy (non-hydrogen) atoms. The van der Waals surface area contributed by atoms with Gasteiger partial charge in [-0.15, -0.1) is 6.07 Å². The monoisotopic (exact) mass is 303 g/mol. The van der Waals surface area contributed by atoms with Crippen LogP contribution in [0.1, 0.15) is 30.9 Å². The van der Waals surface area contributed by atoms with Gasteiger partial charge in [0.15, 0.2) is 0 Å². The summed E-state index contributed by atoms with van der Waals surface area (Å²) in [6.07, 6.45) is 3.87. The smallest absolute Gasteiger partial charge is 0.428 e. The summed E-state index contributed by atoms with van der Waals surface area (Å²) in [5.41, 5.74) is 3.74. The van der Waals surface area contributed by atoms with Gasteiger partial charge in [0.2, 0.25) is 0 Å². The van der Waals surface area contributed by atoms with Crippen LogP contribution >= 0.6 is 0 Å². The van der Waals surface area contributed by atoms with E-state index in [1.807, 2.05) is 32.3 Å². The Morgan fingerprint density at radius 2 is 1.65 bits per heavy atom. The molecule has 0 aromatic heterocycles. The molecule has 2 rings (SSSR count). The molecule has 0 atom stereocenters. The largest absolute Gasteiger partial charge is 2.00 e. The predicted octanol–water partition coefficient (Wildman–Crippen LogP) is 4.68. The number of hydrogen-bond acceptors (Lipinski definition) is 1. The van der Waals surface area contributed by atoms with Crippen LogP contribution in [0.3, 0.4) is 0 Å². The summed E-state index contributed by atoms with van der Waals surface area (Å²) >= 11 is 0. The van der Waals surface area contributed by atoms with Crippen LogP contribution in [-0.4, -0.2) is 14.1 Å². The first-order valence-corrected chi connectivity index (χ1v) is 6.94. The molecule has 0 aliphatic carbocycles. The van der Waals surface area contributed by atoms with Crippen LogP contribution in [0.5, 0.6) is 0 Å². The van der Waals surface area contributed by atoms with E-state index in [2.05, 4.69) is 49.1 Å². The van der Waals surface area contributed by atoms with E-state index in [4.69, 9.17) is 0 Å². The second kappa shape index (κ2) is 10.7. The number of nitrogens with zero attached hydrogens (tertiary/aromatic N) is 1. The van der Waals surface area contributed by atoms with Crippen molar-refractivity contribution in [3.63, 3.8) is 0 Å². The minimum Gasteiger partial charge on any atom is -0.428 e. The van der Waals surface area contributed by atoms with Crippen LogP contribution in [0.25, 0.3) is 0 Å². The third-order valence-electron chi connectivity index (χ3n) is 3.02. The van der Waals surface area contributed by atoms with Crippen molar-refractivity contribution in [2.45, 2.75) is 26.2 Å². The number of aryl methyl sites for hydroxylation is 1. The third-order valence-corrected chi connectivity index (χ3v) is 3.02. The van der Waals surface area contributed by atoms with Crippen molar-refractivity contribution in [1.82, 2.24) is 0 Å². The van der Waals surface area contributed by atoms with Crippen LogP contribution in [0.2, 0.25) is 0 Å². The number of para-hydroxylation sites is 1. The molecule has 0 unspecified atom stereocenters. The van der Waals surface area contributed by atoms with Crippen molar-refractivity contribution < 1.29 is 21.7 Å². The van der Waals surface area contributed by atoms with Crippen molar-refractivity contribution in [3.8, 4) is 0 Å². The Hall–Kier alpha value is -1.05. The van der Waals surface area contributed by atoms with Gasteiger partial charge in [-0.3, -0.25) is 0 Å².